The summed E-state index contributed by atoms with van der Waals surface area (Å²) in [5, 5.41) is 8.20. The Hall–Kier alpha value is -0.870. The molecule has 1 fully saturated rings. The average molecular weight is 278 g/mol. The molecule has 2 heterocycles. The standard InChI is InChI=1S/C16H30N4/c1-16(2,3)15-14(13-19(4)18-15)12-17-8-11-20-9-6-5-7-10-20/h13,17H,5-12H2,1-4H3. The van der Waals surface area contributed by atoms with E-state index in [1.54, 1.807) is 0 Å². The minimum Gasteiger partial charge on any atom is -0.311 e. The van der Waals surface area contributed by atoms with Crippen LogP contribution in [0.15, 0.2) is 6.20 Å². The SMILES string of the molecule is Cn1cc(CNCCN2CCCCC2)c(C(C)(C)C)n1. The van der Waals surface area contributed by atoms with Gasteiger partial charge in [0.1, 0.15) is 0 Å². The van der Waals surface area contributed by atoms with Crippen LogP contribution in [0.3, 0.4) is 0 Å². The van der Waals surface area contributed by atoms with Crippen molar-refractivity contribution in [3.8, 4) is 0 Å². The summed E-state index contributed by atoms with van der Waals surface area (Å²) in [5.41, 5.74) is 2.66. The van der Waals surface area contributed by atoms with Gasteiger partial charge in [0.05, 0.1) is 5.69 Å². The van der Waals surface area contributed by atoms with Crippen LogP contribution in [0.1, 0.15) is 51.3 Å². The molecule has 0 unspecified atom stereocenters. The zero-order chi connectivity index (χ0) is 14.6. The lowest BCUT2D eigenvalue weighted by Gasteiger charge is -2.26. The van der Waals surface area contributed by atoms with Gasteiger partial charge in [0, 0.05) is 43.9 Å². The average Bonchev–Trinajstić information content (AvgIpc) is 2.77. The molecular weight excluding hydrogens is 248 g/mol. The molecule has 0 spiro atoms. The lowest BCUT2D eigenvalue weighted by atomic mass is 9.89. The predicted molar refractivity (Wildman–Crippen MR) is 83.9 cm³/mol. The Kier molecular flexibility index (Phi) is 5.22. The van der Waals surface area contributed by atoms with Gasteiger partial charge < -0.3 is 10.2 Å². The van der Waals surface area contributed by atoms with Gasteiger partial charge in [-0.25, -0.2) is 0 Å². The van der Waals surface area contributed by atoms with Crippen molar-refractivity contribution in [2.45, 2.75) is 52.0 Å². The number of nitrogens with zero attached hydrogens (tertiary/aromatic N) is 3. The van der Waals surface area contributed by atoms with E-state index >= 15 is 0 Å². The number of nitrogens with one attached hydrogen (secondary N) is 1. The Morgan fingerprint density at radius 1 is 1.20 bits per heavy atom. The number of rotatable bonds is 5. The number of hydrogen-bond donors (Lipinski definition) is 1. The topological polar surface area (TPSA) is 33.1 Å². The summed E-state index contributed by atoms with van der Waals surface area (Å²) in [6, 6.07) is 0. The van der Waals surface area contributed by atoms with Crippen LogP contribution in [0, 0.1) is 0 Å². The molecule has 4 heteroatoms. The van der Waals surface area contributed by atoms with E-state index in [2.05, 4.69) is 42.3 Å². The van der Waals surface area contributed by atoms with Crippen LogP contribution >= 0.6 is 0 Å². The Balaban J connectivity index is 1.79. The molecule has 1 aliphatic heterocycles. The van der Waals surface area contributed by atoms with Crippen molar-refractivity contribution in [1.82, 2.24) is 20.0 Å². The second-order valence-electron chi connectivity index (χ2n) is 7.01. The number of likely N-dealkylation sites (tertiary alicyclic amines) is 1. The van der Waals surface area contributed by atoms with Crippen molar-refractivity contribution in [2.24, 2.45) is 7.05 Å². The van der Waals surface area contributed by atoms with Crippen LogP contribution in [0.2, 0.25) is 0 Å². The highest BCUT2D eigenvalue weighted by molar-refractivity contribution is 5.23. The Morgan fingerprint density at radius 2 is 1.90 bits per heavy atom. The lowest BCUT2D eigenvalue weighted by Crippen LogP contribution is -2.35. The van der Waals surface area contributed by atoms with Crippen LogP contribution in [0.25, 0.3) is 0 Å². The summed E-state index contributed by atoms with van der Waals surface area (Å²) in [4.78, 5) is 2.57. The molecule has 2 rings (SSSR count). The molecule has 0 saturated carbocycles. The molecule has 1 aromatic rings. The molecule has 0 aromatic carbocycles. The monoisotopic (exact) mass is 278 g/mol. The number of aryl methyl sites for hydroxylation is 1. The summed E-state index contributed by atoms with van der Waals surface area (Å²) in [5.74, 6) is 0. The lowest BCUT2D eigenvalue weighted by molar-refractivity contribution is 0.229. The third-order valence-electron chi connectivity index (χ3n) is 3.98. The van der Waals surface area contributed by atoms with E-state index in [-0.39, 0.29) is 5.41 Å². The normalized spacial score (nSPS) is 17.6. The maximum Gasteiger partial charge on any atom is 0.0722 e. The van der Waals surface area contributed by atoms with E-state index in [1.165, 1.54) is 50.2 Å². The van der Waals surface area contributed by atoms with Crippen LogP contribution < -0.4 is 5.32 Å². The molecule has 0 aliphatic carbocycles. The first-order valence-electron chi connectivity index (χ1n) is 7.93. The molecule has 114 valence electrons. The van der Waals surface area contributed by atoms with Crippen molar-refractivity contribution < 1.29 is 0 Å². The van der Waals surface area contributed by atoms with Crippen molar-refractivity contribution in [3.05, 3.63) is 17.5 Å². The second-order valence-corrected chi connectivity index (χ2v) is 7.01. The first-order chi connectivity index (χ1) is 9.47. The van der Waals surface area contributed by atoms with E-state index in [1.807, 2.05) is 11.7 Å². The Morgan fingerprint density at radius 3 is 2.55 bits per heavy atom. The minimum atomic E-state index is 0.116. The molecule has 0 bridgehead atoms. The Labute approximate surface area is 123 Å². The van der Waals surface area contributed by atoms with E-state index in [0.717, 1.165) is 13.1 Å². The number of hydrogen-bond acceptors (Lipinski definition) is 3. The van der Waals surface area contributed by atoms with Crippen molar-refractivity contribution in [1.29, 1.82) is 0 Å². The molecule has 0 radical (unpaired) electrons. The maximum atomic E-state index is 4.62. The van der Waals surface area contributed by atoms with Gasteiger partial charge in [-0.3, -0.25) is 4.68 Å². The van der Waals surface area contributed by atoms with Gasteiger partial charge in [-0.05, 0) is 25.9 Å². The number of piperidine rings is 1. The predicted octanol–water partition coefficient (Wildman–Crippen LogP) is 2.29. The van der Waals surface area contributed by atoms with Gasteiger partial charge in [0.15, 0.2) is 0 Å². The molecule has 0 amide bonds. The second kappa shape index (κ2) is 6.72. The van der Waals surface area contributed by atoms with Crippen molar-refractivity contribution >= 4 is 0 Å². The van der Waals surface area contributed by atoms with Gasteiger partial charge in [-0.2, -0.15) is 5.10 Å². The maximum absolute atomic E-state index is 4.62. The molecule has 20 heavy (non-hydrogen) atoms. The van der Waals surface area contributed by atoms with Crippen LogP contribution in [-0.4, -0.2) is 40.9 Å². The van der Waals surface area contributed by atoms with Crippen molar-refractivity contribution in [3.63, 3.8) is 0 Å². The van der Waals surface area contributed by atoms with Gasteiger partial charge in [0.25, 0.3) is 0 Å². The first-order valence-corrected chi connectivity index (χ1v) is 7.93. The zero-order valence-corrected chi connectivity index (χ0v) is 13.6. The summed E-state index contributed by atoms with van der Waals surface area (Å²) in [7, 11) is 2.01. The van der Waals surface area contributed by atoms with Gasteiger partial charge >= 0.3 is 0 Å². The fourth-order valence-electron chi connectivity index (χ4n) is 2.94. The quantitative estimate of drug-likeness (QED) is 0.839. The summed E-state index contributed by atoms with van der Waals surface area (Å²) in [6.07, 6.45) is 6.30. The molecular formula is C16H30N4. The smallest absolute Gasteiger partial charge is 0.0722 e. The Bertz CT molecular complexity index is 411. The fourth-order valence-corrected chi connectivity index (χ4v) is 2.94. The molecule has 4 nitrogen and oxygen atoms in total. The van der Waals surface area contributed by atoms with E-state index in [9.17, 15) is 0 Å². The van der Waals surface area contributed by atoms with Gasteiger partial charge in [-0.15, -0.1) is 0 Å². The molecule has 1 aromatic heterocycles. The summed E-state index contributed by atoms with van der Waals surface area (Å²) >= 11 is 0. The van der Waals surface area contributed by atoms with E-state index < -0.39 is 0 Å². The van der Waals surface area contributed by atoms with Crippen LogP contribution in [-0.2, 0) is 19.0 Å². The summed E-state index contributed by atoms with van der Waals surface area (Å²) < 4.78 is 1.93. The van der Waals surface area contributed by atoms with Gasteiger partial charge in [0.2, 0.25) is 0 Å². The van der Waals surface area contributed by atoms with E-state index in [4.69, 9.17) is 0 Å². The number of aromatic nitrogens is 2. The molecule has 1 N–H and O–H groups in total. The summed E-state index contributed by atoms with van der Waals surface area (Å²) in [6.45, 7) is 12.4. The third kappa shape index (κ3) is 4.32. The van der Waals surface area contributed by atoms with Crippen LogP contribution in [0.4, 0.5) is 0 Å². The molecule has 0 atom stereocenters. The highest BCUT2D eigenvalue weighted by atomic mass is 15.3. The third-order valence-corrected chi connectivity index (χ3v) is 3.98. The van der Waals surface area contributed by atoms with Crippen molar-refractivity contribution in [2.75, 3.05) is 26.2 Å². The van der Waals surface area contributed by atoms with E-state index in [0.29, 0.717) is 0 Å². The zero-order valence-electron chi connectivity index (χ0n) is 13.6. The van der Waals surface area contributed by atoms with Gasteiger partial charge in [-0.1, -0.05) is 27.2 Å². The molecule has 1 saturated heterocycles. The highest BCUT2D eigenvalue weighted by Gasteiger charge is 2.21. The minimum absolute atomic E-state index is 0.116. The van der Waals surface area contributed by atoms with Crippen LogP contribution in [0.5, 0.6) is 0 Å². The first kappa shape index (κ1) is 15.5. The fraction of sp³-hybridized carbons (Fsp3) is 0.812. The molecule has 1 aliphatic rings. The highest BCUT2D eigenvalue weighted by Crippen LogP contribution is 2.23. The largest absolute Gasteiger partial charge is 0.311 e.